The molecule has 0 spiro atoms. The van der Waals surface area contributed by atoms with Gasteiger partial charge in [0.2, 0.25) is 0 Å². The first-order valence-corrected chi connectivity index (χ1v) is 8.25. The normalized spacial score (nSPS) is 11.0. The molecule has 1 amide bonds. The molecule has 112 valence electrons. The third-order valence-corrected chi connectivity index (χ3v) is 5.26. The summed E-state index contributed by atoms with van der Waals surface area (Å²) >= 11 is 7.74. The van der Waals surface area contributed by atoms with Crippen LogP contribution in [0.3, 0.4) is 0 Å². The lowest BCUT2D eigenvalue weighted by molar-refractivity contribution is 0.103. The van der Waals surface area contributed by atoms with E-state index < -0.39 is 0 Å². The molecule has 0 aliphatic rings. The minimum absolute atomic E-state index is 0.215. The molecule has 4 aromatic rings. The van der Waals surface area contributed by atoms with Crippen molar-refractivity contribution in [2.24, 2.45) is 0 Å². The van der Waals surface area contributed by atoms with Crippen molar-refractivity contribution < 1.29 is 4.79 Å². The number of anilines is 1. The molecule has 0 aliphatic carbocycles. The zero-order chi connectivity index (χ0) is 15.8. The number of nitrogens with one attached hydrogen (secondary N) is 1. The van der Waals surface area contributed by atoms with E-state index in [0.29, 0.717) is 15.6 Å². The molecule has 0 saturated heterocycles. The Balaban J connectivity index is 1.69. The molecule has 0 fully saturated rings. The van der Waals surface area contributed by atoms with Crippen molar-refractivity contribution >= 4 is 55.5 Å². The third-order valence-electron chi connectivity index (χ3n) is 3.59. The summed E-state index contributed by atoms with van der Waals surface area (Å²) < 4.78 is 0.999. The predicted octanol–water partition coefficient (Wildman–Crippen LogP) is 5.36. The quantitative estimate of drug-likeness (QED) is 0.535. The SMILES string of the molecule is O=C(Nc1cnc2ccccc2c1)c1sc2ccccc2c1Cl. The van der Waals surface area contributed by atoms with Crippen molar-refractivity contribution in [3.8, 4) is 0 Å². The third kappa shape index (κ3) is 2.56. The van der Waals surface area contributed by atoms with E-state index in [9.17, 15) is 4.79 Å². The molecule has 23 heavy (non-hydrogen) atoms. The van der Waals surface area contributed by atoms with Crippen molar-refractivity contribution in [2.75, 3.05) is 5.32 Å². The average Bonchev–Trinajstić information content (AvgIpc) is 2.92. The van der Waals surface area contributed by atoms with Gasteiger partial charge in [0, 0.05) is 15.5 Å². The number of carbonyl (C=O) groups is 1. The molecule has 0 aliphatic heterocycles. The molecule has 0 radical (unpaired) electrons. The van der Waals surface area contributed by atoms with E-state index in [1.807, 2.05) is 54.6 Å². The summed E-state index contributed by atoms with van der Waals surface area (Å²) in [7, 11) is 0. The van der Waals surface area contributed by atoms with Crippen molar-refractivity contribution in [3.63, 3.8) is 0 Å². The summed E-state index contributed by atoms with van der Waals surface area (Å²) in [5.41, 5.74) is 1.55. The molecule has 0 unspecified atom stereocenters. The second-order valence-electron chi connectivity index (χ2n) is 5.11. The Bertz CT molecular complexity index is 1040. The Hall–Kier alpha value is -2.43. The van der Waals surface area contributed by atoms with E-state index in [1.54, 1.807) is 6.20 Å². The Labute approximate surface area is 141 Å². The molecule has 2 aromatic heterocycles. The number of amides is 1. The molecule has 2 aromatic carbocycles. The van der Waals surface area contributed by atoms with Crippen LogP contribution < -0.4 is 5.32 Å². The zero-order valence-corrected chi connectivity index (χ0v) is 13.5. The van der Waals surface area contributed by atoms with Crippen LogP contribution in [0, 0.1) is 0 Å². The molecular weight excluding hydrogens is 328 g/mol. The number of thiophene rings is 1. The summed E-state index contributed by atoms with van der Waals surface area (Å²) in [4.78, 5) is 17.4. The highest BCUT2D eigenvalue weighted by molar-refractivity contribution is 7.21. The smallest absolute Gasteiger partial charge is 0.267 e. The standard InChI is InChI=1S/C18H11ClN2OS/c19-16-13-6-2-4-8-15(13)23-17(16)18(22)21-12-9-11-5-1-3-7-14(11)20-10-12/h1-10H,(H,21,22). The predicted molar refractivity (Wildman–Crippen MR) is 96.5 cm³/mol. The van der Waals surface area contributed by atoms with Crippen LogP contribution in [0.15, 0.2) is 60.8 Å². The average molecular weight is 339 g/mol. The summed E-state index contributed by atoms with van der Waals surface area (Å²) in [6.45, 7) is 0. The van der Waals surface area contributed by atoms with Crippen molar-refractivity contribution in [1.29, 1.82) is 0 Å². The Kier molecular flexibility index (Phi) is 3.48. The highest BCUT2D eigenvalue weighted by Crippen LogP contribution is 2.35. The van der Waals surface area contributed by atoms with Gasteiger partial charge >= 0.3 is 0 Å². The molecule has 2 heterocycles. The molecule has 0 atom stereocenters. The van der Waals surface area contributed by atoms with Gasteiger partial charge in [-0.3, -0.25) is 9.78 Å². The fourth-order valence-corrected chi connectivity index (χ4v) is 3.90. The van der Waals surface area contributed by atoms with Gasteiger partial charge in [-0.15, -0.1) is 11.3 Å². The number of para-hydroxylation sites is 1. The number of nitrogens with zero attached hydrogens (tertiary/aromatic N) is 1. The topological polar surface area (TPSA) is 42.0 Å². The zero-order valence-electron chi connectivity index (χ0n) is 11.9. The first-order valence-electron chi connectivity index (χ1n) is 7.05. The van der Waals surface area contributed by atoms with Gasteiger partial charge in [0.25, 0.3) is 5.91 Å². The van der Waals surface area contributed by atoms with E-state index in [-0.39, 0.29) is 5.91 Å². The van der Waals surface area contributed by atoms with Gasteiger partial charge in [0.15, 0.2) is 0 Å². The van der Waals surface area contributed by atoms with E-state index in [4.69, 9.17) is 11.6 Å². The molecule has 3 nitrogen and oxygen atoms in total. The fourth-order valence-electron chi connectivity index (χ4n) is 2.49. The highest BCUT2D eigenvalue weighted by atomic mass is 35.5. The van der Waals surface area contributed by atoms with Gasteiger partial charge < -0.3 is 5.32 Å². The number of halogens is 1. The van der Waals surface area contributed by atoms with Crippen LogP contribution in [0.1, 0.15) is 9.67 Å². The van der Waals surface area contributed by atoms with Crippen molar-refractivity contribution in [2.45, 2.75) is 0 Å². The molecular formula is C18H11ClN2OS. The second kappa shape index (κ2) is 5.65. The Morgan fingerprint density at radius 1 is 1.09 bits per heavy atom. The number of hydrogen-bond donors (Lipinski definition) is 1. The van der Waals surface area contributed by atoms with E-state index in [1.165, 1.54) is 11.3 Å². The second-order valence-corrected chi connectivity index (χ2v) is 6.54. The van der Waals surface area contributed by atoms with Gasteiger partial charge in [-0.05, 0) is 18.2 Å². The first kappa shape index (κ1) is 14.2. The maximum atomic E-state index is 12.5. The lowest BCUT2D eigenvalue weighted by Gasteiger charge is -2.05. The number of benzene rings is 2. The molecule has 4 rings (SSSR count). The van der Waals surface area contributed by atoms with E-state index >= 15 is 0 Å². The number of carbonyl (C=O) groups excluding carboxylic acids is 1. The van der Waals surface area contributed by atoms with Gasteiger partial charge in [0.05, 0.1) is 22.4 Å². The minimum atomic E-state index is -0.215. The first-order chi connectivity index (χ1) is 11.2. The largest absolute Gasteiger partial charge is 0.320 e. The number of aromatic nitrogens is 1. The van der Waals surface area contributed by atoms with Crippen LogP contribution in [0.25, 0.3) is 21.0 Å². The van der Waals surface area contributed by atoms with Gasteiger partial charge in [-0.1, -0.05) is 48.0 Å². The van der Waals surface area contributed by atoms with Crippen LogP contribution in [-0.2, 0) is 0 Å². The van der Waals surface area contributed by atoms with Crippen LogP contribution in [-0.4, -0.2) is 10.9 Å². The van der Waals surface area contributed by atoms with Gasteiger partial charge in [-0.2, -0.15) is 0 Å². The number of fused-ring (bicyclic) bond motifs is 2. The van der Waals surface area contributed by atoms with E-state index in [2.05, 4.69) is 10.3 Å². The lowest BCUT2D eigenvalue weighted by atomic mass is 10.2. The fraction of sp³-hybridized carbons (Fsp3) is 0. The van der Waals surface area contributed by atoms with Crippen LogP contribution >= 0.6 is 22.9 Å². The summed E-state index contributed by atoms with van der Waals surface area (Å²) in [5.74, 6) is -0.215. The number of pyridine rings is 1. The molecule has 5 heteroatoms. The Morgan fingerprint density at radius 2 is 1.87 bits per heavy atom. The van der Waals surface area contributed by atoms with E-state index in [0.717, 1.165) is 21.0 Å². The maximum Gasteiger partial charge on any atom is 0.267 e. The summed E-state index contributed by atoms with van der Waals surface area (Å²) in [5, 5.41) is 5.26. The van der Waals surface area contributed by atoms with Crippen molar-refractivity contribution in [1.82, 2.24) is 4.98 Å². The monoisotopic (exact) mass is 338 g/mol. The van der Waals surface area contributed by atoms with Crippen LogP contribution in [0.2, 0.25) is 5.02 Å². The summed E-state index contributed by atoms with van der Waals surface area (Å²) in [6.07, 6.45) is 1.65. The highest BCUT2D eigenvalue weighted by Gasteiger charge is 2.17. The summed E-state index contributed by atoms with van der Waals surface area (Å²) in [6, 6.07) is 17.4. The number of hydrogen-bond acceptors (Lipinski definition) is 3. The molecule has 1 N–H and O–H groups in total. The minimum Gasteiger partial charge on any atom is -0.320 e. The van der Waals surface area contributed by atoms with Crippen LogP contribution in [0.5, 0.6) is 0 Å². The molecule has 0 saturated carbocycles. The van der Waals surface area contributed by atoms with Gasteiger partial charge in [0.1, 0.15) is 4.88 Å². The van der Waals surface area contributed by atoms with Crippen LogP contribution in [0.4, 0.5) is 5.69 Å². The maximum absolute atomic E-state index is 12.5. The lowest BCUT2D eigenvalue weighted by Crippen LogP contribution is -2.10. The Morgan fingerprint density at radius 3 is 2.74 bits per heavy atom. The molecule has 0 bridgehead atoms. The van der Waals surface area contributed by atoms with Gasteiger partial charge in [-0.25, -0.2) is 0 Å². The number of rotatable bonds is 2. The van der Waals surface area contributed by atoms with Crippen molar-refractivity contribution in [3.05, 3.63) is 70.7 Å².